The summed E-state index contributed by atoms with van der Waals surface area (Å²) < 4.78 is 10.6. The summed E-state index contributed by atoms with van der Waals surface area (Å²) in [5, 5.41) is 5.52. The van der Waals surface area contributed by atoms with Gasteiger partial charge in [-0.25, -0.2) is 4.79 Å². The van der Waals surface area contributed by atoms with E-state index in [0.29, 0.717) is 17.9 Å². The van der Waals surface area contributed by atoms with Crippen LogP contribution in [0.1, 0.15) is 31.9 Å². The molecule has 0 aliphatic rings. The van der Waals surface area contributed by atoms with Crippen LogP contribution >= 0.6 is 0 Å². The highest BCUT2D eigenvalue weighted by molar-refractivity contribution is 5.97. The molecule has 0 saturated carbocycles. The summed E-state index contributed by atoms with van der Waals surface area (Å²) in [7, 11) is 1.58. The van der Waals surface area contributed by atoms with E-state index in [1.165, 1.54) is 0 Å². The van der Waals surface area contributed by atoms with Gasteiger partial charge >= 0.3 is 6.09 Å². The molecule has 0 aliphatic carbocycles. The zero-order chi connectivity index (χ0) is 20.7. The monoisotopic (exact) mass is 384 g/mol. The predicted octanol–water partition coefficient (Wildman–Crippen LogP) is 4.08. The number of carbonyl (C=O) groups is 2. The van der Waals surface area contributed by atoms with Crippen molar-refractivity contribution in [3.05, 3.63) is 59.7 Å². The number of alkyl carbamates (subject to hydrolysis) is 1. The molecule has 2 aromatic rings. The second kappa shape index (κ2) is 9.26. The van der Waals surface area contributed by atoms with E-state index in [-0.39, 0.29) is 5.91 Å². The van der Waals surface area contributed by atoms with Crippen LogP contribution in [-0.2, 0) is 16.0 Å². The lowest BCUT2D eigenvalue weighted by atomic mass is 10.1. The third-order valence-corrected chi connectivity index (χ3v) is 3.97. The van der Waals surface area contributed by atoms with E-state index >= 15 is 0 Å². The van der Waals surface area contributed by atoms with Gasteiger partial charge in [0, 0.05) is 18.2 Å². The topological polar surface area (TPSA) is 76.7 Å². The van der Waals surface area contributed by atoms with Gasteiger partial charge in [0.05, 0.1) is 7.11 Å². The van der Waals surface area contributed by atoms with Crippen molar-refractivity contribution in [1.29, 1.82) is 0 Å². The van der Waals surface area contributed by atoms with Crippen LogP contribution in [0.3, 0.4) is 0 Å². The molecule has 0 fully saturated rings. The largest absolute Gasteiger partial charge is 0.496 e. The van der Waals surface area contributed by atoms with Gasteiger partial charge in [-0.3, -0.25) is 4.79 Å². The van der Waals surface area contributed by atoms with Crippen molar-refractivity contribution >= 4 is 17.7 Å². The fourth-order valence-electron chi connectivity index (χ4n) is 2.64. The van der Waals surface area contributed by atoms with Gasteiger partial charge in [-0.1, -0.05) is 36.4 Å². The van der Waals surface area contributed by atoms with Gasteiger partial charge in [0.25, 0.3) is 0 Å². The van der Waals surface area contributed by atoms with Gasteiger partial charge < -0.3 is 20.1 Å². The third kappa shape index (κ3) is 6.61. The fourth-order valence-corrected chi connectivity index (χ4v) is 2.64. The number of hydrogen-bond donors (Lipinski definition) is 2. The zero-order valence-corrected chi connectivity index (χ0v) is 17.0. The first kappa shape index (κ1) is 21.3. The first-order valence-corrected chi connectivity index (χ1v) is 9.17. The van der Waals surface area contributed by atoms with Crippen LogP contribution in [0.15, 0.2) is 48.5 Å². The molecular weight excluding hydrogens is 356 g/mol. The highest BCUT2D eigenvalue weighted by Crippen LogP contribution is 2.22. The molecule has 2 aromatic carbocycles. The smallest absolute Gasteiger partial charge is 0.408 e. The van der Waals surface area contributed by atoms with Crippen molar-refractivity contribution in [2.24, 2.45) is 0 Å². The number of carbonyl (C=O) groups excluding carboxylic acids is 2. The zero-order valence-electron chi connectivity index (χ0n) is 17.0. The quantitative estimate of drug-likeness (QED) is 0.787. The lowest BCUT2D eigenvalue weighted by Gasteiger charge is -2.23. The standard InChI is InChI=1S/C22H28N2O4/c1-15-11-12-17(14-19(15)27-5)23-20(25)18(13-16-9-7-6-8-10-16)24-21(26)28-22(2,3)4/h6-12,14,18H,13H2,1-5H3,(H,23,25)(H,24,26). The average molecular weight is 384 g/mol. The lowest BCUT2D eigenvalue weighted by molar-refractivity contribution is -0.118. The number of ether oxygens (including phenoxy) is 2. The Bertz CT molecular complexity index is 813. The minimum Gasteiger partial charge on any atom is -0.496 e. The minimum absolute atomic E-state index is 0.333. The van der Waals surface area contributed by atoms with E-state index in [1.54, 1.807) is 40.0 Å². The number of amides is 2. The van der Waals surface area contributed by atoms with Crippen molar-refractivity contribution < 1.29 is 19.1 Å². The lowest BCUT2D eigenvalue weighted by Crippen LogP contribution is -2.47. The summed E-state index contributed by atoms with van der Waals surface area (Å²) in [6.45, 7) is 7.25. The maximum Gasteiger partial charge on any atom is 0.408 e. The summed E-state index contributed by atoms with van der Waals surface area (Å²) >= 11 is 0. The maximum absolute atomic E-state index is 12.9. The van der Waals surface area contributed by atoms with Crippen LogP contribution in [0.25, 0.3) is 0 Å². The van der Waals surface area contributed by atoms with Crippen LogP contribution in [0, 0.1) is 6.92 Å². The van der Waals surface area contributed by atoms with E-state index in [0.717, 1.165) is 11.1 Å². The first-order chi connectivity index (χ1) is 13.2. The molecule has 6 heteroatoms. The van der Waals surface area contributed by atoms with E-state index in [2.05, 4.69) is 10.6 Å². The van der Waals surface area contributed by atoms with Crippen molar-refractivity contribution in [3.8, 4) is 5.75 Å². The van der Waals surface area contributed by atoms with E-state index in [9.17, 15) is 9.59 Å². The molecule has 0 heterocycles. The number of anilines is 1. The van der Waals surface area contributed by atoms with Crippen molar-refractivity contribution in [2.75, 3.05) is 12.4 Å². The third-order valence-electron chi connectivity index (χ3n) is 3.97. The SMILES string of the molecule is COc1cc(NC(=O)C(Cc2ccccc2)NC(=O)OC(C)(C)C)ccc1C. The number of aryl methyl sites for hydroxylation is 1. The number of benzene rings is 2. The van der Waals surface area contributed by atoms with Crippen molar-refractivity contribution in [1.82, 2.24) is 5.32 Å². The molecule has 150 valence electrons. The van der Waals surface area contributed by atoms with Crippen molar-refractivity contribution in [2.45, 2.75) is 45.8 Å². The number of rotatable bonds is 6. The Morgan fingerprint density at radius 2 is 1.75 bits per heavy atom. The van der Waals surface area contributed by atoms with Crippen LogP contribution in [0.4, 0.5) is 10.5 Å². The Kier molecular flexibility index (Phi) is 7.04. The van der Waals surface area contributed by atoms with Gasteiger partial charge in [0.1, 0.15) is 17.4 Å². The number of hydrogen-bond acceptors (Lipinski definition) is 4. The molecular formula is C22H28N2O4. The molecule has 0 spiro atoms. The molecule has 0 aliphatic heterocycles. The molecule has 1 unspecified atom stereocenters. The summed E-state index contributed by atoms with van der Waals surface area (Å²) in [4.78, 5) is 25.1. The van der Waals surface area contributed by atoms with Gasteiger partial charge in [0.2, 0.25) is 5.91 Å². The van der Waals surface area contributed by atoms with E-state index in [4.69, 9.17) is 9.47 Å². The second-order valence-electron chi connectivity index (χ2n) is 7.56. The highest BCUT2D eigenvalue weighted by Gasteiger charge is 2.25. The maximum atomic E-state index is 12.9. The highest BCUT2D eigenvalue weighted by atomic mass is 16.6. The second-order valence-corrected chi connectivity index (χ2v) is 7.56. The van der Waals surface area contributed by atoms with E-state index < -0.39 is 17.7 Å². The van der Waals surface area contributed by atoms with Gasteiger partial charge in [-0.05, 0) is 44.9 Å². The van der Waals surface area contributed by atoms with Gasteiger partial charge in [-0.2, -0.15) is 0 Å². The molecule has 0 aromatic heterocycles. The number of nitrogens with one attached hydrogen (secondary N) is 2. The molecule has 2 N–H and O–H groups in total. The first-order valence-electron chi connectivity index (χ1n) is 9.17. The minimum atomic E-state index is -0.787. The van der Waals surface area contributed by atoms with Gasteiger partial charge in [-0.15, -0.1) is 0 Å². The van der Waals surface area contributed by atoms with Crippen LogP contribution in [0.5, 0.6) is 5.75 Å². The van der Waals surface area contributed by atoms with Crippen molar-refractivity contribution in [3.63, 3.8) is 0 Å². The number of methoxy groups -OCH3 is 1. The van der Waals surface area contributed by atoms with Crippen LogP contribution in [0.2, 0.25) is 0 Å². The Labute approximate surface area is 166 Å². The summed E-state index contributed by atoms with van der Waals surface area (Å²) in [5.74, 6) is 0.345. The normalized spacial score (nSPS) is 12.0. The molecule has 2 amide bonds. The average Bonchev–Trinajstić information content (AvgIpc) is 2.62. The Balaban J connectivity index is 2.17. The molecule has 0 saturated heterocycles. The summed E-state index contributed by atoms with van der Waals surface area (Å²) in [5.41, 5.74) is 1.84. The molecule has 0 bridgehead atoms. The summed E-state index contributed by atoms with van der Waals surface area (Å²) in [6.07, 6.45) is -0.292. The molecule has 28 heavy (non-hydrogen) atoms. The molecule has 6 nitrogen and oxygen atoms in total. The predicted molar refractivity (Wildman–Crippen MR) is 110 cm³/mol. The van der Waals surface area contributed by atoms with Gasteiger partial charge in [0.15, 0.2) is 0 Å². The van der Waals surface area contributed by atoms with Crippen LogP contribution in [-0.4, -0.2) is 30.8 Å². The van der Waals surface area contributed by atoms with E-state index in [1.807, 2.05) is 43.3 Å². The summed E-state index contributed by atoms with van der Waals surface area (Å²) in [6, 6.07) is 14.1. The fraction of sp³-hybridized carbons (Fsp3) is 0.364. The Morgan fingerprint density at radius 3 is 2.36 bits per heavy atom. The van der Waals surface area contributed by atoms with Crippen LogP contribution < -0.4 is 15.4 Å². The Hall–Kier alpha value is -3.02. The molecule has 2 rings (SSSR count). The Morgan fingerprint density at radius 1 is 1.07 bits per heavy atom. The molecule has 0 radical (unpaired) electrons. The molecule has 1 atom stereocenters.